The molecule has 7 nitrogen and oxygen atoms in total. The van der Waals surface area contributed by atoms with Gasteiger partial charge in [0, 0.05) is 43.0 Å². The number of anilines is 1. The summed E-state index contributed by atoms with van der Waals surface area (Å²) in [7, 11) is 0. The Labute approximate surface area is 144 Å². The molecule has 1 saturated heterocycles. The van der Waals surface area contributed by atoms with E-state index in [0.717, 1.165) is 18.8 Å². The molecule has 3 rings (SSSR count). The Morgan fingerprint density at radius 3 is 2.46 bits per heavy atom. The summed E-state index contributed by atoms with van der Waals surface area (Å²) in [5.41, 5.74) is 1.25. The Morgan fingerprint density at radius 1 is 1.12 bits per heavy atom. The van der Waals surface area contributed by atoms with Crippen molar-refractivity contribution in [2.75, 3.05) is 37.6 Å². The molecule has 1 aromatic heterocycles. The number of carbonyl (C=O) groups is 2. The van der Waals surface area contributed by atoms with E-state index in [0.29, 0.717) is 18.1 Å². The minimum Gasteiger partial charge on any atom is -0.368 e. The van der Waals surface area contributed by atoms with E-state index in [1.807, 2.05) is 24.3 Å². The van der Waals surface area contributed by atoms with Crippen LogP contribution in [0.2, 0.25) is 5.02 Å². The summed E-state index contributed by atoms with van der Waals surface area (Å²) < 4.78 is 4.60. The Bertz CT molecular complexity index is 695. The fourth-order valence-corrected chi connectivity index (χ4v) is 2.68. The van der Waals surface area contributed by atoms with Gasteiger partial charge in [-0.2, -0.15) is 0 Å². The number of carbonyl (C=O) groups excluding carboxylic acids is 2. The molecule has 1 fully saturated rings. The van der Waals surface area contributed by atoms with Crippen LogP contribution in [0.15, 0.2) is 41.1 Å². The zero-order valence-corrected chi connectivity index (χ0v) is 13.7. The van der Waals surface area contributed by atoms with Gasteiger partial charge >= 0.3 is 0 Å². The van der Waals surface area contributed by atoms with Gasteiger partial charge in [-0.15, -0.1) is 0 Å². The summed E-state index contributed by atoms with van der Waals surface area (Å²) in [6.07, 6.45) is 1.31. The van der Waals surface area contributed by atoms with Crippen LogP contribution in [-0.2, 0) is 4.79 Å². The van der Waals surface area contributed by atoms with Crippen molar-refractivity contribution in [3.8, 4) is 0 Å². The van der Waals surface area contributed by atoms with E-state index in [1.165, 1.54) is 12.3 Å². The van der Waals surface area contributed by atoms with Crippen molar-refractivity contribution in [3.63, 3.8) is 0 Å². The van der Waals surface area contributed by atoms with E-state index in [1.54, 1.807) is 4.90 Å². The van der Waals surface area contributed by atoms with Gasteiger partial charge in [0.15, 0.2) is 5.69 Å². The average Bonchev–Trinajstić information content (AvgIpc) is 3.15. The van der Waals surface area contributed by atoms with Crippen molar-refractivity contribution >= 4 is 29.1 Å². The van der Waals surface area contributed by atoms with Crippen molar-refractivity contribution in [3.05, 3.63) is 47.3 Å². The van der Waals surface area contributed by atoms with Crippen LogP contribution in [0.3, 0.4) is 0 Å². The smallest absolute Gasteiger partial charge is 0.273 e. The molecule has 0 aliphatic carbocycles. The molecule has 0 unspecified atom stereocenters. The first-order chi connectivity index (χ1) is 11.6. The number of nitrogens with one attached hydrogen (secondary N) is 1. The number of benzene rings is 1. The standard InChI is InChI=1S/C16H17ClN4O3/c17-12-1-3-13(4-2-12)20-6-8-21(9-7-20)15(22)11-18-16(23)14-5-10-24-19-14/h1-5,10H,6-9,11H2,(H,18,23). The molecular formula is C16H17ClN4O3. The number of aromatic nitrogens is 1. The highest BCUT2D eigenvalue weighted by Crippen LogP contribution is 2.19. The van der Waals surface area contributed by atoms with Crippen LogP contribution in [0, 0.1) is 0 Å². The number of hydrogen-bond acceptors (Lipinski definition) is 5. The van der Waals surface area contributed by atoms with Gasteiger partial charge in [0.05, 0.1) is 6.54 Å². The van der Waals surface area contributed by atoms with E-state index in [-0.39, 0.29) is 18.1 Å². The lowest BCUT2D eigenvalue weighted by Gasteiger charge is -2.36. The van der Waals surface area contributed by atoms with Crippen molar-refractivity contribution in [1.82, 2.24) is 15.4 Å². The molecule has 2 aromatic rings. The first-order valence-corrected chi connectivity index (χ1v) is 7.98. The Hall–Kier alpha value is -2.54. The second-order valence-electron chi connectivity index (χ2n) is 5.41. The van der Waals surface area contributed by atoms with Crippen LogP contribution in [0.25, 0.3) is 0 Å². The highest BCUT2D eigenvalue weighted by atomic mass is 35.5. The molecule has 1 aromatic carbocycles. The average molecular weight is 349 g/mol. The van der Waals surface area contributed by atoms with Gasteiger partial charge in [-0.3, -0.25) is 9.59 Å². The highest BCUT2D eigenvalue weighted by molar-refractivity contribution is 6.30. The van der Waals surface area contributed by atoms with Gasteiger partial charge in [0.1, 0.15) is 6.26 Å². The molecule has 8 heteroatoms. The molecule has 0 bridgehead atoms. The lowest BCUT2D eigenvalue weighted by molar-refractivity contribution is -0.130. The van der Waals surface area contributed by atoms with Crippen LogP contribution in [-0.4, -0.2) is 54.6 Å². The van der Waals surface area contributed by atoms with Crippen LogP contribution < -0.4 is 10.2 Å². The SMILES string of the molecule is O=C(NCC(=O)N1CCN(c2ccc(Cl)cc2)CC1)c1ccon1. The zero-order valence-electron chi connectivity index (χ0n) is 12.9. The maximum absolute atomic E-state index is 12.2. The second-order valence-corrected chi connectivity index (χ2v) is 5.85. The maximum Gasteiger partial charge on any atom is 0.273 e. The highest BCUT2D eigenvalue weighted by Gasteiger charge is 2.22. The van der Waals surface area contributed by atoms with Crippen LogP contribution in [0.5, 0.6) is 0 Å². The number of hydrogen-bond donors (Lipinski definition) is 1. The Morgan fingerprint density at radius 2 is 1.83 bits per heavy atom. The molecular weight excluding hydrogens is 332 g/mol. The summed E-state index contributed by atoms with van der Waals surface area (Å²) >= 11 is 5.90. The molecule has 1 aliphatic heterocycles. The van der Waals surface area contributed by atoms with Crippen LogP contribution >= 0.6 is 11.6 Å². The first-order valence-electron chi connectivity index (χ1n) is 7.60. The van der Waals surface area contributed by atoms with Gasteiger partial charge in [-0.05, 0) is 24.3 Å². The second kappa shape index (κ2) is 7.35. The van der Waals surface area contributed by atoms with E-state index >= 15 is 0 Å². The molecule has 2 heterocycles. The van der Waals surface area contributed by atoms with E-state index in [9.17, 15) is 9.59 Å². The van der Waals surface area contributed by atoms with Crippen LogP contribution in [0.4, 0.5) is 5.69 Å². The molecule has 0 atom stereocenters. The third-order valence-corrected chi connectivity index (χ3v) is 4.15. The number of nitrogens with zero attached hydrogens (tertiary/aromatic N) is 3. The minimum atomic E-state index is -0.420. The van der Waals surface area contributed by atoms with Gasteiger partial charge in [0.25, 0.3) is 5.91 Å². The van der Waals surface area contributed by atoms with E-state index in [4.69, 9.17) is 11.6 Å². The largest absolute Gasteiger partial charge is 0.368 e. The van der Waals surface area contributed by atoms with Crippen molar-refractivity contribution < 1.29 is 14.1 Å². The van der Waals surface area contributed by atoms with Gasteiger partial charge in [0.2, 0.25) is 5.91 Å². The van der Waals surface area contributed by atoms with E-state index < -0.39 is 5.91 Å². The summed E-state index contributed by atoms with van der Waals surface area (Å²) in [4.78, 5) is 27.9. The third-order valence-electron chi connectivity index (χ3n) is 3.89. The van der Waals surface area contributed by atoms with E-state index in [2.05, 4.69) is 19.9 Å². The maximum atomic E-state index is 12.2. The molecule has 0 radical (unpaired) electrons. The number of halogens is 1. The fourth-order valence-electron chi connectivity index (χ4n) is 2.55. The number of amides is 2. The fraction of sp³-hybridized carbons (Fsp3) is 0.312. The Balaban J connectivity index is 1.46. The number of piperazine rings is 1. The molecule has 24 heavy (non-hydrogen) atoms. The minimum absolute atomic E-state index is 0.0490. The lowest BCUT2D eigenvalue weighted by atomic mass is 10.2. The molecule has 0 saturated carbocycles. The predicted octanol–water partition coefficient (Wildman–Crippen LogP) is 1.41. The van der Waals surface area contributed by atoms with Crippen LogP contribution in [0.1, 0.15) is 10.5 Å². The molecule has 2 amide bonds. The molecule has 1 aliphatic rings. The normalized spacial score (nSPS) is 14.5. The van der Waals surface area contributed by atoms with Crippen molar-refractivity contribution in [1.29, 1.82) is 0 Å². The lowest BCUT2D eigenvalue weighted by Crippen LogP contribution is -2.51. The quantitative estimate of drug-likeness (QED) is 0.903. The van der Waals surface area contributed by atoms with Gasteiger partial charge in [-0.25, -0.2) is 0 Å². The molecule has 126 valence electrons. The zero-order chi connectivity index (χ0) is 16.9. The topological polar surface area (TPSA) is 78.7 Å². The summed E-state index contributed by atoms with van der Waals surface area (Å²) in [6.45, 7) is 2.66. The van der Waals surface area contributed by atoms with Crippen molar-refractivity contribution in [2.45, 2.75) is 0 Å². The molecule has 0 spiro atoms. The summed E-state index contributed by atoms with van der Waals surface area (Å²) in [5, 5.41) is 6.78. The third kappa shape index (κ3) is 3.86. The van der Waals surface area contributed by atoms with Gasteiger partial charge in [-0.1, -0.05) is 16.8 Å². The first kappa shape index (κ1) is 16.3. The number of rotatable bonds is 4. The molecule has 1 N–H and O–H groups in total. The predicted molar refractivity (Wildman–Crippen MR) is 89.1 cm³/mol. The Kier molecular flexibility index (Phi) is 5.00. The summed E-state index contributed by atoms with van der Waals surface area (Å²) in [6, 6.07) is 9.10. The monoisotopic (exact) mass is 348 g/mol. The van der Waals surface area contributed by atoms with Crippen molar-refractivity contribution in [2.24, 2.45) is 0 Å². The van der Waals surface area contributed by atoms with Gasteiger partial charge < -0.3 is 19.6 Å². The summed E-state index contributed by atoms with van der Waals surface area (Å²) in [5.74, 6) is -0.528.